The SMILES string of the molecule is Cc1ccc(OCc2ccc(C(=O)Nc3c(C)nn(Cc4cccc(C(F)(F)F)c4)c3C)o2)c([N+](=O)[O-])c1. The Kier molecular flexibility index (Phi) is 7.24. The number of carbonyl (C=O) groups is 1. The van der Waals surface area contributed by atoms with Gasteiger partial charge >= 0.3 is 11.9 Å². The summed E-state index contributed by atoms with van der Waals surface area (Å²) in [5.41, 5.74) is 1.63. The molecule has 0 aliphatic heterocycles. The zero-order chi connectivity index (χ0) is 27.6. The molecule has 2 aromatic heterocycles. The number of alkyl halides is 3. The molecule has 0 radical (unpaired) electrons. The van der Waals surface area contributed by atoms with E-state index >= 15 is 0 Å². The summed E-state index contributed by atoms with van der Waals surface area (Å²) in [5.74, 6) is -0.241. The maximum atomic E-state index is 13.0. The van der Waals surface area contributed by atoms with Gasteiger partial charge in [-0.05, 0) is 62.2 Å². The van der Waals surface area contributed by atoms with E-state index < -0.39 is 22.6 Å². The van der Waals surface area contributed by atoms with Crippen LogP contribution in [0.5, 0.6) is 5.75 Å². The van der Waals surface area contributed by atoms with E-state index in [2.05, 4.69) is 10.4 Å². The van der Waals surface area contributed by atoms with Crippen molar-refractivity contribution in [3.05, 3.63) is 104 Å². The zero-order valence-corrected chi connectivity index (χ0v) is 20.6. The van der Waals surface area contributed by atoms with Crippen molar-refractivity contribution in [2.75, 3.05) is 5.32 Å². The number of nitro groups is 1. The zero-order valence-electron chi connectivity index (χ0n) is 20.6. The minimum Gasteiger partial charge on any atom is -0.479 e. The molecule has 0 fully saturated rings. The van der Waals surface area contributed by atoms with E-state index in [1.165, 1.54) is 35.0 Å². The average molecular weight is 528 g/mol. The molecular weight excluding hydrogens is 505 g/mol. The first-order valence-corrected chi connectivity index (χ1v) is 11.4. The summed E-state index contributed by atoms with van der Waals surface area (Å²) >= 11 is 0. The van der Waals surface area contributed by atoms with Gasteiger partial charge in [-0.2, -0.15) is 18.3 Å². The Labute approximate surface area is 215 Å². The van der Waals surface area contributed by atoms with E-state index in [0.717, 1.165) is 12.1 Å². The van der Waals surface area contributed by atoms with Crippen molar-refractivity contribution >= 4 is 17.3 Å². The highest BCUT2D eigenvalue weighted by Gasteiger charge is 2.30. The minimum absolute atomic E-state index is 0.0218. The molecule has 0 spiro atoms. The summed E-state index contributed by atoms with van der Waals surface area (Å²) in [6.07, 6.45) is -4.45. The van der Waals surface area contributed by atoms with Crippen LogP contribution in [0.15, 0.2) is 59.0 Å². The van der Waals surface area contributed by atoms with Gasteiger partial charge in [-0.1, -0.05) is 18.2 Å². The summed E-state index contributed by atoms with van der Waals surface area (Å²) in [4.78, 5) is 23.5. The summed E-state index contributed by atoms with van der Waals surface area (Å²) in [7, 11) is 0. The maximum Gasteiger partial charge on any atom is 0.416 e. The molecule has 4 aromatic rings. The topological polar surface area (TPSA) is 112 Å². The van der Waals surface area contributed by atoms with Crippen molar-refractivity contribution in [3.8, 4) is 5.75 Å². The molecule has 9 nitrogen and oxygen atoms in total. The summed E-state index contributed by atoms with van der Waals surface area (Å²) < 4.78 is 51.7. The highest BCUT2D eigenvalue weighted by Crippen LogP contribution is 2.31. The predicted octanol–water partition coefficient (Wildman–Crippen LogP) is 6.21. The van der Waals surface area contributed by atoms with Crippen molar-refractivity contribution in [3.63, 3.8) is 0 Å². The van der Waals surface area contributed by atoms with Crippen LogP contribution in [0.3, 0.4) is 0 Å². The second kappa shape index (κ2) is 10.4. The molecule has 0 aliphatic rings. The molecule has 198 valence electrons. The molecule has 0 atom stereocenters. The average Bonchev–Trinajstić information content (AvgIpc) is 3.43. The van der Waals surface area contributed by atoms with Gasteiger partial charge in [0, 0.05) is 6.07 Å². The Bertz CT molecular complexity index is 1510. The van der Waals surface area contributed by atoms with E-state index in [4.69, 9.17) is 9.15 Å². The molecule has 0 unspecified atom stereocenters. The van der Waals surface area contributed by atoms with Crippen LogP contribution in [0, 0.1) is 30.9 Å². The van der Waals surface area contributed by atoms with Crippen molar-refractivity contribution in [1.82, 2.24) is 9.78 Å². The highest BCUT2D eigenvalue weighted by molar-refractivity contribution is 6.02. The van der Waals surface area contributed by atoms with E-state index in [1.807, 2.05) is 0 Å². The number of nitro benzene ring substituents is 1. The van der Waals surface area contributed by atoms with Crippen LogP contribution in [0.25, 0.3) is 0 Å². The summed E-state index contributed by atoms with van der Waals surface area (Å²) in [6.45, 7) is 5.04. The molecule has 0 aliphatic carbocycles. The van der Waals surface area contributed by atoms with E-state index in [-0.39, 0.29) is 36.1 Å². The third-order valence-corrected chi connectivity index (χ3v) is 5.77. The fraction of sp³-hybridized carbons (Fsp3) is 0.231. The number of hydrogen-bond donors (Lipinski definition) is 1. The fourth-order valence-electron chi connectivity index (χ4n) is 3.84. The van der Waals surface area contributed by atoms with Gasteiger partial charge in [-0.3, -0.25) is 19.6 Å². The van der Waals surface area contributed by atoms with Crippen LogP contribution in [0.2, 0.25) is 0 Å². The first-order valence-electron chi connectivity index (χ1n) is 11.4. The van der Waals surface area contributed by atoms with Crippen molar-refractivity contribution < 1.29 is 32.0 Å². The molecule has 1 N–H and O–H groups in total. The lowest BCUT2D eigenvalue weighted by Crippen LogP contribution is -2.13. The number of benzene rings is 2. The highest BCUT2D eigenvalue weighted by atomic mass is 19.4. The lowest BCUT2D eigenvalue weighted by Gasteiger charge is -2.10. The molecule has 2 aromatic carbocycles. The number of carbonyl (C=O) groups excluding carboxylic acids is 1. The Balaban J connectivity index is 1.44. The van der Waals surface area contributed by atoms with Gasteiger partial charge < -0.3 is 14.5 Å². The molecule has 2 heterocycles. The van der Waals surface area contributed by atoms with E-state index in [1.54, 1.807) is 32.9 Å². The molecule has 0 saturated heterocycles. The van der Waals surface area contributed by atoms with Gasteiger partial charge in [0.05, 0.1) is 34.1 Å². The summed E-state index contributed by atoms with van der Waals surface area (Å²) in [5, 5.41) is 18.3. The molecule has 0 bridgehead atoms. The standard InChI is InChI=1S/C26H23F3N4O5/c1-15-7-9-22(21(11-15)33(35)36)37-14-20-8-10-23(38-20)25(34)30-24-16(2)31-32(17(24)3)13-18-5-4-6-19(12-18)26(27,28)29/h4-12H,13-14H2,1-3H3,(H,30,34). The van der Waals surface area contributed by atoms with Crippen LogP contribution in [0.4, 0.5) is 24.5 Å². The quantitative estimate of drug-likeness (QED) is 0.215. The normalized spacial score (nSPS) is 11.4. The van der Waals surface area contributed by atoms with Gasteiger partial charge in [0.2, 0.25) is 0 Å². The van der Waals surface area contributed by atoms with Gasteiger partial charge in [0.1, 0.15) is 12.4 Å². The van der Waals surface area contributed by atoms with Crippen molar-refractivity contribution in [1.29, 1.82) is 0 Å². The first-order chi connectivity index (χ1) is 17.9. The van der Waals surface area contributed by atoms with E-state index in [9.17, 15) is 28.1 Å². The second-order valence-corrected chi connectivity index (χ2v) is 8.64. The number of furan rings is 1. The monoisotopic (exact) mass is 528 g/mol. The van der Waals surface area contributed by atoms with Gasteiger partial charge in [-0.15, -0.1) is 0 Å². The molecule has 0 saturated carbocycles. The second-order valence-electron chi connectivity index (χ2n) is 8.64. The largest absolute Gasteiger partial charge is 0.479 e. The Hall–Kier alpha value is -4.61. The van der Waals surface area contributed by atoms with Crippen LogP contribution in [-0.2, 0) is 19.3 Å². The molecular formula is C26H23F3N4O5. The van der Waals surface area contributed by atoms with Gasteiger partial charge in [0.25, 0.3) is 5.91 Å². The third kappa shape index (κ3) is 5.85. The number of aromatic nitrogens is 2. The van der Waals surface area contributed by atoms with Crippen LogP contribution in [0.1, 0.15) is 44.4 Å². The maximum absolute atomic E-state index is 13.0. The van der Waals surface area contributed by atoms with E-state index in [0.29, 0.717) is 28.2 Å². The van der Waals surface area contributed by atoms with Crippen LogP contribution < -0.4 is 10.1 Å². The fourth-order valence-corrected chi connectivity index (χ4v) is 3.84. The Morgan fingerprint density at radius 2 is 1.89 bits per heavy atom. The molecule has 4 rings (SSSR count). The molecule has 38 heavy (non-hydrogen) atoms. The Morgan fingerprint density at radius 3 is 2.61 bits per heavy atom. The minimum atomic E-state index is -4.45. The lowest BCUT2D eigenvalue weighted by molar-refractivity contribution is -0.386. The number of halogens is 3. The number of ether oxygens (including phenoxy) is 1. The third-order valence-electron chi connectivity index (χ3n) is 5.77. The van der Waals surface area contributed by atoms with Crippen molar-refractivity contribution in [2.24, 2.45) is 0 Å². The smallest absolute Gasteiger partial charge is 0.416 e. The molecule has 12 heteroatoms. The number of anilines is 1. The lowest BCUT2D eigenvalue weighted by atomic mass is 10.1. The number of hydrogen-bond acceptors (Lipinski definition) is 6. The Morgan fingerprint density at radius 1 is 1.13 bits per heavy atom. The number of aryl methyl sites for hydroxylation is 2. The predicted molar refractivity (Wildman–Crippen MR) is 131 cm³/mol. The van der Waals surface area contributed by atoms with Gasteiger partial charge in [0.15, 0.2) is 11.5 Å². The summed E-state index contributed by atoms with van der Waals surface area (Å²) in [6, 6.07) is 12.5. The van der Waals surface area contributed by atoms with Crippen molar-refractivity contribution in [2.45, 2.75) is 40.1 Å². The first kappa shape index (κ1) is 26.5. The number of rotatable bonds is 8. The van der Waals surface area contributed by atoms with Crippen LogP contribution >= 0.6 is 0 Å². The number of nitrogens with zero attached hydrogens (tertiary/aromatic N) is 3. The molecule has 1 amide bonds. The van der Waals surface area contributed by atoms with Crippen LogP contribution in [-0.4, -0.2) is 20.6 Å². The van der Waals surface area contributed by atoms with Gasteiger partial charge in [-0.25, -0.2) is 0 Å². The number of nitrogens with one attached hydrogen (secondary N) is 1. The number of amides is 1.